The highest BCUT2D eigenvalue weighted by molar-refractivity contribution is 5.87. The van der Waals surface area contributed by atoms with E-state index in [2.05, 4.69) is 34.7 Å². The van der Waals surface area contributed by atoms with E-state index < -0.39 is 24.2 Å². The Morgan fingerprint density at radius 2 is 2.09 bits per heavy atom. The van der Waals surface area contributed by atoms with Gasteiger partial charge in [0.15, 0.2) is 0 Å². The maximum atomic E-state index is 12.9. The van der Waals surface area contributed by atoms with Gasteiger partial charge in [-0.1, -0.05) is 32.0 Å². The minimum Gasteiger partial charge on any atom is -0.433 e. The number of hydrogen-bond acceptors (Lipinski definition) is 5. The molecule has 1 aliphatic rings. The Hall–Kier alpha value is -2.87. The number of para-hydroxylation sites is 1. The van der Waals surface area contributed by atoms with Crippen molar-refractivity contribution in [1.29, 1.82) is 0 Å². The number of hydrogen-bond donors (Lipinski definition) is 3. The lowest BCUT2D eigenvalue weighted by molar-refractivity contribution is -0.164. The van der Waals surface area contributed by atoms with Gasteiger partial charge in [-0.05, 0) is 37.3 Å². The maximum absolute atomic E-state index is 12.9. The van der Waals surface area contributed by atoms with Gasteiger partial charge in [0.25, 0.3) is 0 Å². The molecule has 1 aromatic heterocycles. The second-order valence-electron chi connectivity index (χ2n) is 8.60. The van der Waals surface area contributed by atoms with Crippen molar-refractivity contribution in [2.24, 2.45) is 11.8 Å². The van der Waals surface area contributed by atoms with Crippen LogP contribution in [0.5, 0.6) is 0 Å². The lowest BCUT2D eigenvalue weighted by atomic mass is 9.91. The molecule has 0 aliphatic carbocycles. The maximum Gasteiger partial charge on any atom is 0.310 e. The number of amides is 2. The van der Waals surface area contributed by atoms with E-state index in [1.807, 2.05) is 26.1 Å². The first-order valence-electron chi connectivity index (χ1n) is 11.2. The Bertz CT molecular complexity index is 968. The Balaban J connectivity index is 1.52. The molecule has 3 rings (SSSR count). The standard InChI is InChI=1S/C24H33N3O5/c1-5-31-24-19(12-21(29)32-24)27-23(30)18(14(2)3)11-20(28)25-10-9-16-13-26-22-15(4)7-6-8-17(16)22/h6-8,13-14,18-19,24,26H,5,9-12H2,1-4H3,(H,25,28)(H,27,30). The zero-order valence-electron chi connectivity index (χ0n) is 19.2. The van der Waals surface area contributed by atoms with Crippen LogP contribution in [-0.2, 0) is 30.3 Å². The third-order valence-corrected chi connectivity index (χ3v) is 5.89. The van der Waals surface area contributed by atoms with Crippen LogP contribution in [0.3, 0.4) is 0 Å². The average Bonchev–Trinajstić information content (AvgIpc) is 3.30. The number of fused-ring (bicyclic) bond motifs is 1. The number of carbonyl (C=O) groups is 3. The minimum absolute atomic E-state index is 0.0408. The molecule has 0 radical (unpaired) electrons. The molecule has 2 amide bonds. The summed E-state index contributed by atoms with van der Waals surface area (Å²) < 4.78 is 10.5. The molecule has 2 heterocycles. The highest BCUT2D eigenvalue weighted by Crippen LogP contribution is 2.22. The molecule has 32 heavy (non-hydrogen) atoms. The van der Waals surface area contributed by atoms with Crippen LogP contribution in [0.15, 0.2) is 24.4 Å². The van der Waals surface area contributed by atoms with Crippen molar-refractivity contribution < 1.29 is 23.9 Å². The van der Waals surface area contributed by atoms with Crippen LogP contribution in [-0.4, -0.2) is 48.3 Å². The van der Waals surface area contributed by atoms with Gasteiger partial charge < -0.3 is 25.1 Å². The van der Waals surface area contributed by atoms with Crippen molar-refractivity contribution in [2.75, 3.05) is 13.2 Å². The fraction of sp³-hybridized carbons (Fsp3) is 0.542. The number of H-pyrrole nitrogens is 1. The predicted molar refractivity (Wildman–Crippen MR) is 121 cm³/mol. The molecule has 3 N–H and O–H groups in total. The number of aromatic amines is 1. The van der Waals surface area contributed by atoms with Crippen molar-refractivity contribution in [3.8, 4) is 0 Å². The number of carbonyl (C=O) groups excluding carboxylic acids is 3. The molecule has 3 unspecified atom stereocenters. The van der Waals surface area contributed by atoms with Crippen LogP contribution in [0.1, 0.15) is 44.7 Å². The van der Waals surface area contributed by atoms with Gasteiger partial charge in [-0.2, -0.15) is 0 Å². The zero-order chi connectivity index (χ0) is 23.3. The van der Waals surface area contributed by atoms with E-state index in [4.69, 9.17) is 9.47 Å². The van der Waals surface area contributed by atoms with E-state index in [1.165, 1.54) is 5.56 Å². The van der Waals surface area contributed by atoms with Crippen molar-refractivity contribution >= 4 is 28.7 Å². The first kappa shape index (κ1) is 23.8. The fourth-order valence-corrected chi connectivity index (χ4v) is 4.07. The Kier molecular flexibility index (Phi) is 7.90. The first-order valence-corrected chi connectivity index (χ1v) is 11.2. The van der Waals surface area contributed by atoms with Crippen LogP contribution < -0.4 is 10.6 Å². The average molecular weight is 444 g/mol. The van der Waals surface area contributed by atoms with E-state index >= 15 is 0 Å². The summed E-state index contributed by atoms with van der Waals surface area (Å²) in [5, 5.41) is 6.94. The number of esters is 1. The first-order chi connectivity index (χ1) is 15.3. The van der Waals surface area contributed by atoms with Gasteiger partial charge in [0.05, 0.1) is 6.42 Å². The number of nitrogens with one attached hydrogen (secondary N) is 3. The molecule has 0 bridgehead atoms. The molecule has 174 valence electrons. The Morgan fingerprint density at radius 3 is 2.81 bits per heavy atom. The minimum atomic E-state index is -0.780. The van der Waals surface area contributed by atoms with Crippen LogP contribution in [0.2, 0.25) is 0 Å². The van der Waals surface area contributed by atoms with Crippen molar-refractivity contribution in [2.45, 2.75) is 59.3 Å². The number of benzene rings is 1. The van der Waals surface area contributed by atoms with Gasteiger partial charge >= 0.3 is 5.97 Å². The molecular weight excluding hydrogens is 410 g/mol. The van der Waals surface area contributed by atoms with Gasteiger partial charge in [0.2, 0.25) is 18.1 Å². The number of ether oxygens (including phenoxy) is 2. The van der Waals surface area contributed by atoms with Crippen LogP contribution in [0.25, 0.3) is 10.9 Å². The lowest BCUT2D eigenvalue weighted by Gasteiger charge is -2.24. The molecule has 0 spiro atoms. The molecule has 1 aromatic carbocycles. The molecule has 3 atom stereocenters. The van der Waals surface area contributed by atoms with Crippen LogP contribution >= 0.6 is 0 Å². The van der Waals surface area contributed by atoms with Gasteiger partial charge in [0, 0.05) is 42.6 Å². The molecule has 1 saturated heterocycles. The zero-order valence-corrected chi connectivity index (χ0v) is 19.2. The van der Waals surface area contributed by atoms with E-state index in [9.17, 15) is 14.4 Å². The van der Waals surface area contributed by atoms with Gasteiger partial charge in [0.1, 0.15) is 6.04 Å². The summed E-state index contributed by atoms with van der Waals surface area (Å²) in [5.74, 6) is -1.39. The second-order valence-corrected chi connectivity index (χ2v) is 8.60. The molecule has 8 heteroatoms. The third-order valence-electron chi connectivity index (χ3n) is 5.89. The van der Waals surface area contributed by atoms with Crippen molar-refractivity contribution in [3.05, 3.63) is 35.5 Å². The summed E-state index contributed by atoms with van der Waals surface area (Å²) in [4.78, 5) is 40.3. The number of aromatic nitrogens is 1. The molecule has 2 aromatic rings. The highest BCUT2D eigenvalue weighted by Gasteiger charge is 2.38. The second kappa shape index (κ2) is 10.6. The van der Waals surface area contributed by atoms with Gasteiger partial charge in [-0.3, -0.25) is 14.4 Å². The van der Waals surface area contributed by atoms with Gasteiger partial charge in [-0.25, -0.2) is 0 Å². The molecule has 1 fully saturated rings. The summed E-state index contributed by atoms with van der Waals surface area (Å²) in [7, 11) is 0. The molecular formula is C24H33N3O5. The normalized spacial score (nSPS) is 19.2. The van der Waals surface area contributed by atoms with E-state index in [-0.39, 0.29) is 30.6 Å². The quantitative estimate of drug-likeness (QED) is 0.489. The number of cyclic esters (lactones) is 1. The van der Waals surface area contributed by atoms with Crippen molar-refractivity contribution in [1.82, 2.24) is 15.6 Å². The summed E-state index contributed by atoms with van der Waals surface area (Å²) in [5.41, 5.74) is 3.45. The third kappa shape index (κ3) is 5.68. The highest BCUT2D eigenvalue weighted by atomic mass is 16.7. The van der Waals surface area contributed by atoms with Crippen LogP contribution in [0, 0.1) is 18.8 Å². The summed E-state index contributed by atoms with van der Waals surface area (Å²) in [6, 6.07) is 5.62. The Labute approximate surface area is 188 Å². The van der Waals surface area contributed by atoms with Gasteiger partial charge in [-0.15, -0.1) is 0 Å². The van der Waals surface area contributed by atoms with E-state index in [0.717, 1.165) is 16.5 Å². The monoisotopic (exact) mass is 443 g/mol. The van der Waals surface area contributed by atoms with E-state index in [1.54, 1.807) is 6.92 Å². The number of rotatable bonds is 10. The van der Waals surface area contributed by atoms with E-state index in [0.29, 0.717) is 19.6 Å². The number of aryl methyl sites for hydroxylation is 1. The lowest BCUT2D eigenvalue weighted by Crippen LogP contribution is -2.46. The molecule has 0 saturated carbocycles. The molecule has 1 aliphatic heterocycles. The summed E-state index contributed by atoms with van der Waals surface area (Å²) in [6.07, 6.45) is 2.05. The fourth-order valence-electron chi connectivity index (χ4n) is 4.07. The predicted octanol–water partition coefficient (Wildman–Crippen LogP) is 2.59. The summed E-state index contributed by atoms with van der Waals surface area (Å²) >= 11 is 0. The van der Waals surface area contributed by atoms with Crippen LogP contribution in [0.4, 0.5) is 0 Å². The van der Waals surface area contributed by atoms with Crippen molar-refractivity contribution in [3.63, 3.8) is 0 Å². The summed E-state index contributed by atoms with van der Waals surface area (Å²) in [6.45, 7) is 8.53. The largest absolute Gasteiger partial charge is 0.433 e. The SMILES string of the molecule is CCOC1OC(=O)CC1NC(=O)C(CC(=O)NCCc1c[nH]c2c(C)cccc12)C(C)C. The Morgan fingerprint density at radius 1 is 1.31 bits per heavy atom. The topological polar surface area (TPSA) is 110 Å². The molecule has 8 nitrogen and oxygen atoms in total. The smallest absolute Gasteiger partial charge is 0.310 e.